The van der Waals surface area contributed by atoms with Gasteiger partial charge in [-0.1, -0.05) is 48.0 Å². The van der Waals surface area contributed by atoms with Gasteiger partial charge in [-0.25, -0.2) is 4.79 Å². The Morgan fingerprint density at radius 2 is 1.75 bits per heavy atom. The van der Waals surface area contributed by atoms with Crippen molar-refractivity contribution in [2.45, 2.75) is 25.8 Å². The first-order valence-corrected chi connectivity index (χ1v) is 7.80. The van der Waals surface area contributed by atoms with E-state index in [1.165, 1.54) is 0 Å². The van der Waals surface area contributed by atoms with Gasteiger partial charge in [-0.2, -0.15) is 0 Å². The molecule has 2 N–H and O–H groups in total. The summed E-state index contributed by atoms with van der Waals surface area (Å²) in [6, 6.07) is 15.8. The summed E-state index contributed by atoms with van der Waals surface area (Å²) >= 11 is 0. The highest BCUT2D eigenvalue weighted by Crippen LogP contribution is 2.11. The molecule has 0 fully saturated rings. The van der Waals surface area contributed by atoms with E-state index in [1.807, 2.05) is 61.5 Å². The number of rotatable bonds is 8. The van der Waals surface area contributed by atoms with Gasteiger partial charge in [0.15, 0.2) is 0 Å². The van der Waals surface area contributed by atoms with Crippen LogP contribution in [0, 0.1) is 6.92 Å². The van der Waals surface area contributed by atoms with Crippen LogP contribution in [0.4, 0.5) is 0 Å². The van der Waals surface area contributed by atoms with Crippen molar-refractivity contribution < 1.29 is 19.4 Å². The Bertz CT molecular complexity index is 668. The number of aryl methyl sites for hydroxylation is 1. The summed E-state index contributed by atoms with van der Waals surface area (Å²) in [5, 5.41) is 11.8. The molecule has 0 spiro atoms. The van der Waals surface area contributed by atoms with Crippen LogP contribution >= 0.6 is 0 Å². The molecule has 24 heavy (non-hydrogen) atoms. The van der Waals surface area contributed by atoms with Crippen molar-refractivity contribution >= 4 is 11.9 Å². The van der Waals surface area contributed by atoms with E-state index in [9.17, 15) is 14.7 Å². The van der Waals surface area contributed by atoms with Gasteiger partial charge in [0.2, 0.25) is 5.91 Å². The van der Waals surface area contributed by atoms with E-state index in [1.54, 1.807) is 0 Å². The predicted octanol–water partition coefficient (Wildman–Crippen LogP) is 2.58. The van der Waals surface area contributed by atoms with Crippen LogP contribution in [-0.4, -0.2) is 29.6 Å². The van der Waals surface area contributed by atoms with Crippen LogP contribution in [-0.2, 0) is 16.0 Å². The summed E-state index contributed by atoms with van der Waals surface area (Å²) in [7, 11) is 0. The molecular weight excluding hydrogens is 306 g/mol. The van der Waals surface area contributed by atoms with Gasteiger partial charge < -0.3 is 15.2 Å². The average Bonchev–Trinajstić information content (AvgIpc) is 2.57. The molecule has 2 aromatic carbocycles. The Hall–Kier alpha value is -2.82. The minimum Gasteiger partial charge on any atom is -0.493 e. The van der Waals surface area contributed by atoms with E-state index in [-0.39, 0.29) is 25.4 Å². The molecule has 0 aliphatic carbocycles. The van der Waals surface area contributed by atoms with Crippen LogP contribution in [0.2, 0.25) is 0 Å². The van der Waals surface area contributed by atoms with Gasteiger partial charge in [-0.3, -0.25) is 4.79 Å². The molecule has 0 saturated heterocycles. The molecule has 2 aromatic rings. The molecule has 0 radical (unpaired) electrons. The van der Waals surface area contributed by atoms with E-state index in [4.69, 9.17) is 4.74 Å². The SMILES string of the molecule is Cc1ccc(OCCC(=O)NC(Cc2ccccc2)C(=O)O)cc1. The summed E-state index contributed by atoms with van der Waals surface area (Å²) in [5.41, 5.74) is 1.99. The lowest BCUT2D eigenvalue weighted by Crippen LogP contribution is -2.42. The summed E-state index contributed by atoms with van der Waals surface area (Å²) in [5.74, 6) is -0.704. The van der Waals surface area contributed by atoms with Crippen molar-refractivity contribution in [3.05, 3.63) is 65.7 Å². The maximum absolute atomic E-state index is 11.9. The first-order chi connectivity index (χ1) is 11.5. The minimum absolute atomic E-state index is 0.104. The second-order valence-electron chi connectivity index (χ2n) is 5.56. The van der Waals surface area contributed by atoms with Gasteiger partial charge in [-0.15, -0.1) is 0 Å². The van der Waals surface area contributed by atoms with Gasteiger partial charge in [0.1, 0.15) is 11.8 Å². The number of aliphatic carboxylic acids is 1. The zero-order chi connectivity index (χ0) is 17.4. The van der Waals surface area contributed by atoms with E-state index >= 15 is 0 Å². The first kappa shape index (κ1) is 17.5. The first-order valence-electron chi connectivity index (χ1n) is 7.80. The van der Waals surface area contributed by atoms with Gasteiger partial charge in [-0.05, 0) is 24.6 Å². The van der Waals surface area contributed by atoms with Crippen LogP contribution in [0.3, 0.4) is 0 Å². The van der Waals surface area contributed by atoms with Crippen LogP contribution < -0.4 is 10.1 Å². The van der Waals surface area contributed by atoms with Crippen molar-refractivity contribution in [1.82, 2.24) is 5.32 Å². The number of carboxylic acid groups (broad SMARTS) is 1. The normalized spacial score (nSPS) is 11.5. The third kappa shape index (κ3) is 5.76. The van der Waals surface area contributed by atoms with Crippen molar-refractivity contribution in [3.63, 3.8) is 0 Å². The fourth-order valence-electron chi connectivity index (χ4n) is 2.21. The summed E-state index contributed by atoms with van der Waals surface area (Å²) in [4.78, 5) is 23.3. The molecule has 0 aliphatic heterocycles. The van der Waals surface area contributed by atoms with Crippen LogP contribution in [0.15, 0.2) is 54.6 Å². The summed E-state index contributed by atoms with van der Waals surface area (Å²) in [6.45, 7) is 2.18. The molecule has 126 valence electrons. The number of hydrogen-bond donors (Lipinski definition) is 2. The van der Waals surface area contributed by atoms with Crippen molar-refractivity contribution in [3.8, 4) is 5.75 Å². The van der Waals surface area contributed by atoms with Crippen molar-refractivity contribution in [2.75, 3.05) is 6.61 Å². The van der Waals surface area contributed by atoms with Gasteiger partial charge in [0.05, 0.1) is 13.0 Å². The number of ether oxygens (including phenoxy) is 1. The van der Waals surface area contributed by atoms with E-state index < -0.39 is 12.0 Å². The van der Waals surface area contributed by atoms with E-state index in [2.05, 4.69) is 5.32 Å². The van der Waals surface area contributed by atoms with Crippen LogP contribution in [0.1, 0.15) is 17.5 Å². The van der Waals surface area contributed by atoms with Gasteiger partial charge in [0.25, 0.3) is 0 Å². The number of amides is 1. The number of benzene rings is 2. The Balaban J connectivity index is 1.80. The zero-order valence-corrected chi connectivity index (χ0v) is 13.6. The van der Waals surface area contributed by atoms with Gasteiger partial charge >= 0.3 is 5.97 Å². The summed E-state index contributed by atoms with van der Waals surface area (Å²) < 4.78 is 5.48. The van der Waals surface area contributed by atoms with E-state index in [0.717, 1.165) is 11.1 Å². The van der Waals surface area contributed by atoms with Crippen molar-refractivity contribution in [1.29, 1.82) is 0 Å². The lowest BCUT2D eigenvalue weighted by molar-refractivity contribution is -0.141. The number of carbonyl (C=O) groups is 2. The lowest BCUT2D eigenvalue weighted by atomic mass is 10.1. The molecule has 0 bridgehead atoms. The molecule has 5 heteroatoms. The number of carboxylic acids is 1. The molecular formula is C19H21NO4. The molecule has 2 rings (SSSR count). The Morgan fingerprint density at radius 3 is 2.38 bits per heavy atom. The fourth-order valence-corrected chi connectivity index (χ4v) is 2.21. The molecule has 5 nitrogen and oxygen atoms in total. The maximum atomic E-state index is 11.9. The quantitative estimate of drug-likeness (QED) is 0.781. The van der Waals surface area contributed by atoms with E-state index in [0.29, 0.717) is 5.75 Å². The third-order valence-corrected chi connectivity index (χ3v) is 3.53. The highest BCUT2D eigenvalue weighted by Gasteiger charge is 2.20. The highest BCUT2D eigenvalue weighted by molar-refractivity contribution is 5.83. The maximum Gasteiger partial charge on any atom is 0.326 e. The highest BCUT2D eigenvalue weighted by atomic mass is 16.5. The molecule has 0 aliphatic rings. The minimum atomic E-state index is -1.05. The van der Waals surface area contributed by atoms with Gasteiger partial charge in [0, 0.05) is 6.42 Å². The number of carbonyl (C=O) groups excluding carboxylic acids is 1. The second kappa shape index (κ2) is 8.72. The molecule has 0 saturated carbocycles. The molecule has 0 aromatic heterocycles. The Morgan fingerprint density at radius 1 is 1.08 bits per heavy atom. The average molecular weight is 327 g/mol. The van der Waals surface area contributed by atoms with Crippen LogP contribution in [0.5, 0.6) is 5.75 Å². The second-order valence-corrected chi connectivity index (χ2v) is 5.56. The molecule has 1 amide bonds. The number of hydrogen-bond acceptors (Lipinski definition) is 3. The smallest absolute Gasteiger partial charge is 0.326 e. The predicted molar refractivity (Wildman–Crippen MR) is 91.0 cm³/mol. The zero-order valence-electron chi connectivity index (χ0n) is 13.6. The number of nitrogens with one attached hydrogen (secondary N) is 1. The standard InChI is InChI=1S/C19H21NO4/c1-14-7-9-16(10-8-14)24-12-11-18(21)20-17(19(22)23)13-15-5-3-2-4-6-15/h2-10,17H,11-13H2,1H3,(H,20,21)(H,22,23). The fraction of sp³-hybridized carbons (Fsp3) is 0.263. The summed E-state index contributed by atoms with van der Waals surface area (Å²) in [6.07, 6.45) is 0.354. The van der Waals surface area contributed by atoms with Crippen LogP contribution in [0.25, 0.3) is 0 Å². The largest absolute Gasteiger partial charge is 0.493 e. The topological polar surface area (TPSA) is 75.6 Å². The molecule has 1 atom stereocenters. The Labute approximate surface area is 141 Å². The lowest BCUT2D eigenvalue weighted by Gasteiger charge is -2.15. The Kier molecular flexibility index (Phi) is 6.37. The van der Waals surface area contributed by atoms with Crippen molar-refractivity contribution in [2.24, 2.45) is 0 Å². The molecule has 0 heterocycles. The molecule has 1 unspecified atom stereocenters. The third-order valence-electron chi connectivity index (χ3n) is 3.53. The monoisotopic (exact) mass is 327 g/mol.